The lowest BCUT2D eigenvalue weighted by atomic mass is 10.0. The summed E-state index contributed by atoms with van der Waals surface area (Å²) in [6.07, 6.45) is 5.77. The van der Waals surface area contributed by atoms with E-state index in [4.69, 9.17) is 4.42 Å². The molecule has 1 fully saturated rings. The molecule has 2 aromatic carbocycles. The number of likely N-dealkylation sites (tertiary alicyclic amines) is 1. The summed E-state index contributed by atoms with van der Waals surface area (Å²) in [7, 11) is 0. The molecule has 2 heterocycles. The number of nitrogens with zero attached hydrogens (tertiary/aromatic N) is 2. The van der Waals surface area contributed by atoms with Gasteiger partial charge in [0, 0.05) is 31.4 Å². The van der Waals surface area contributed by atoms with E-state index in [0.29, 0.717) is 5.56 Å². The summed E-state index contributed by atoms with van der Waals surface area (Å²) in [5.41, 5.74) is 2.58. The first-order valence-electron chi connectivity index (χ1n) is 10.1. The molecule has 6 heteroatoms. The van der Waals surface area contributed by atoms with Gasteiger partial charge in [-0.05, 0) is 55.2 Å². The van der Waals surface area contributed by atoms with Crippen LogP contribution in [0.3, 0.4) is 0 Å². The predicted octanol–water partition coefficient (Wildman–Crippen LogP) is 5.19. The number of furan rings is 1. The van der Waals surface area contributed by atoms with Gasteiger partial charge in [-0.2, -0.15) is 0 Å². The molecule has 3 aromatic rings. The van der Waals surface area contributed by atoms with Gasteiger partial charge in [0.2, 0.25) is 0 Å². The van der Waals surface area contributed by atoms with Crippen molar-refractivity contribution < 1.29 is 13.6 Å². The SMILES string of the molecule is Cl.O=C(c1ccoc1)N(c1ccc(F)cc1)C1CCN(CCc2ccccc2)CC1. The molecule has 0 spiro atoms. The molecule has 0 aliphatic carbocycles. The summed E-state index contributed by atoms with van der Waals surface area (Å²) in [6.45, 7) is 2.89. The Bertz CT molecular complexity index is 908. The summed E-state index contributed by atoms with van der Waals surface area (Å²) in [5, 5.41) is 0. The minimum Gasteiger partial charge on any atom is -0.472 e. The normalized spacial score (nSPS) is 14.8. The second kappa shape index (κ2) is 10.4. The van der Waals surface area contributed by atoms with Crippen LogP contribution >= 0.6 is 12.4 Å². The van der Waals surface area contributed by atoms with Crippen LogP contribution in [0.4, 0.5) is 10.1 Å². The van der Waals surface area contributed by atoms with E-state index in [1.807, 2.05) is 6.07 Å². The number of halogens is 2. The minimum absolute atomic E-state index is 0. The molecule has 1 aliphatic rings. The van der Waals surface area contributed by atoms with Crippen molar-refractivity contribution in [3.63, 3.8) is 0 Å². The van der Waals surface area contributed by atoms with Crippen LogP contribution in [0.2, 0.25) is 0 Å². The Balaban J connectivity index is 0.00000256. The van der Waals surface area contributed by atoms with Crippen LogP contribution < -0.4 is 4.90 Å². The van der Waals surface area contributed by atoms with Gasteiger partial charge in [0.05, 0.1) is 11.8 Å². The Morgan fingerprint density at radius 1 is 1.03 bits per heavy atom. The lowest BCUT2D eigenvalue weighted by Gasteiger charge is -2.38. The largest absolute Gasteiger partial charge is 0.472 e. The molecular weight excluding hydrogens is 403 g/mol. The molecule has 1 amide bonds. The first-order valence-corrected chi connectivity index (χ1v) is 10.1. The molecule has 0 unspecified atom stereocenters. The van der Waals surface area contributed by atoms with Crippen molar-refractivity contribution in [1.82, 2.24) is 4.90 Å². The highest BCUT2D eigenvalue weighted by Crippen LogP contribution is 2.26. The van der Waals surface area contributed by atoms with E-state index in [0.717, 1.165) is 44.6 Å². The maximum Gasteiger partial charge on any atom is 0.261 e. The maximum atomic E-state index is 13.4. The number of rotatable bonds is 6. The van der Waals surface area contributed by atoms with E-state index >= 15 is 0 Å². The van der Waals surface area contributed by atoms with Crippen LogP contribution in [-0.2, 0) is 6.42 Å². The first-order chi connectivity index (χ1) is 14.2. The first kappa shape index (κ1) is 22.1. The van der Waals surface area contributed by atoms with Crippen molar-refractivity contribution in [1.29, 1.82) is 0 Å². The summed E-state index contributed by atoms with van der Waals surface area (Å²) in [6, 6.07) is 18.4. The molecule has 30 heavy (non-hydrogen) atoms. The topological polar surface area (TPSA) is 36.7 Å². The molecule has 0 bridgehead atoms. The number of carbonyl (C=O) groups excluding carboxylic acids is 1. The number of piperidine rings is 1. The van der Waals surface area contributed by atoms with Gasteiger partial charge in [-0.3, -0.25) is 4.79 Å². The lowest BCUT2D eigenvalue weighted by Crippen LogP contribution is -2.48. The molecule has 4 nitrogen and oxygen atoms in total. The summed E-state index contributed by atoms with van der Waals surface area (Å²) >= 11 is 0. The molecule has 1 aromatic heterocycles. The fraction of sp³-hybridized carbons (Fsp3) is 0.292. The van der Waals surface area contributed by atoms with E-state index in [1.54, 1.807) is 23.1 Å². The van der Waals surface area contributed by atoms with Crippen LogP contribution in [0.1, 0.15) is 28.8 Å². The summed E-state index contributed by atoms with van der Waals surface area (Å²) < 4.78 is 18.5. The monoisotopic (exact) mass is 428 g/mol. The van der Waals surface area contributed by atoms with Gasteiger partial charge >= 0.3 is 0 Å². The molecule has 4 rings (SSSR count). The molecular formula is C24H26ClFN2O2. The third-order valence-electron chi connectivity index (χ3n) is 5.57. The third-order valence-corrected chi connectivity index (χ3v) is 5.57. The predicted molar refractivity (Wildman–Crippen MR) is 119 cm³/mol. The van der Waals surface area contributed by atoms with E-state index in [-0.39, 0.29) is 30.2 Å². The smallest absolute Gasteiger partial charge is 0.261 e. The quantitative estimate of drug-likeness (QED) is 0.541. The fourth-order valence-corrected chi connectivity index (χ4v) is 3.95. The standard InChI is InChI=1S/C24H25FN2O2.ClH/c25-21-6-8-22(9-7-21)27(24(28)20-13-17-29-18-20)23-11-15-26(16-12-23)14-10-19-4-2-1-3-5-19;/h1-9,13,17-18,23H,10-12,14-16H2;1H. The number of carbonyl (C=O) groups is 1. The molecule has 1 saturated heterocycles. The lowest BCUT2D eigenvalue weighted by molar-refractivity contribution is 0.0959. The highest BCUT2D eigenvalue weighted by Gasteiger charge is 2.30. The molecule has 1 aliphatic heterocycles. The Hall–Kier alpha value is -2.63. The van der Waals surface area contributed by atoms with Gasteiger partial charge < -0.3 is 14.2 Å². The van der Waals surface area contributed by atoms with E-state index in [1.165, 1.54) is 30.2 Å². The van der Waals surface area contributed by atoms with Gasteiger partial charge in [-0.25, -0.2) is 4.39 Å². The molecule has 0 saturated carbocycles. The highest BCUT2D eigenvalue weighted by atomic mass is 35.5. The molecule has 0 radical (unpaired) electrons. The Morgan fingerprint density at radius 3 is 2.37 bits per heavy atom. The van der Waals surface area contributed by atoms with E-state index < -0.39 is 0 Å². The number of benzene rings is 2. The molecule has 158 valence electrons. The van der Waals surface area contributed by atoms with Crippen molar-refractivity contribution in [2.45, 2.75) is 25.3 Å². The Morgan fingerprint density at radius 2 is 1.73 bits per heavy atom. The zero-order chi connectivity index (χ0) is 20.1. The fourth-order valence-electron chi connectivity index (χ4n) is 3.95. The Kier molecular flexibility index (Phi) is 7.66. The number of anilines is 1. The van der Waals surface area contributed by atoms with Crippen molar-refractivity contribution in [2.24, 2.45) is 0 Å². The number of amides is 1. The Labute approximate surface area is 182 Å². The van der Waals surface area contributed by atoms with Gasteiger partial charge in [-0.1, -0.05) is 30.3 Å². The highest BCUT2D eigenvalue weighted by molar-refractivity contribution is 6.06. The van der Waals surface area contributed by atoms with E-state index in [9.17, 15) is 9.18 Å². The van der Waals surface area contributed by atoms with Crippen LogP contribution in [0.25, 0.3) is 0 Å². The van der Waals surface area contributed by atoms with Crippen molar-refractivity contribution >= 4 is 24.0 Å². The van der Waals surface area contributed by atoms with Crippen molar-refractivity contribution in [2.75, 3.05) is 24.5 Å². The van der Waals surface area contributed by atoms with Gasteiger partial charge in [0.25, 0.3) is 5.91 Å². The van der Waals surface area contributed by atoms with Crippen LogP contribution in [-0.4, -0.2) is 36.5 Å². The number of hydrogen-bond donors (Lipinski definition) is 0. The zero-order valence-electron chi connectivity index (χ0n) is 16.7. The second-order valence-corrected chi connectivity index (χ2v) is 7.47. The van der Waals surface area contributed by atoms with Crippen LogP contribution in [0.5, 0.6) is 0 Å². The second-order valence-electron chi connectivity index (χ2n) is 7.47. The average molecular weight is 429 g/mol. The third kappa shape index (κ3) is 5.29. The molecule has 0 N–H and O–H groups in total. The van der Waals surface area contributed by atoms with Crippen LogP contribution in [0, 0.1) is 5.82 Å². The molecule has 0 atom stereocenters. The van der Waals surface area contributed by atoms with Crippen LogP contribution in [0.15, 0.2) is 77.6 Å². The average Bonchev–Trinajstić information content (AvgIpc) is 3.30. The number of hydrogen-bond acceptors (Lipinski definition) is 3. The minimum atomic E-state index is -0.305. The van der Waals surface area contributed by atoms with E-state index in [2.05, 4.69) is 29.2 Å². The van der Waals surface area contributed by atoms with Gasteiger partial charge in [0.15, 0.2) is 0 Å². The summed E-state index contributed by atoms with van der Waals surface area (Å²) in [5.74, 6) is -0.409. The van der Waals surface area contributed by atoms with Gasteiger partial charge in [0.1, 0.15) is 12.1 Å². The van der Waals surface area contributed by atoms with Gasteiger partial charge in [-0.15, -0.1) is 12.4 Å². The van der Waals surface area contributed by atoms with Crippen molar-refractivity contribution in [3.05, 3.63) is 90.1 Å². The maximum absolute atomic E-state index is 13.4. The summed E-state index contributed by atoms with van der Waals surface area (Å²) in [4.78, 5) is 17.4. The zero-order valence-corrected chi connectivity index (χ0v) is 17.6. The van der Waals surface area contributed by atoms with Crippen molar-refractivity contribution in [3.8, 4) is 0 Å².